The van der Waals surface area contributed by atoms with Gasteiger partial charge in [0.25, 0.3) is 0 Å². The number of nitrogens with one attached hydrogen (secondary N) is 1. The molecule has 0 unspecified atom stereocenters. The van der Waals surface area contributed by atoms with E-state index < -0.39 is 10.0 Å². The Labute approximate surface area is 183 Å². The van der Waals surface area contributed by atoms with Crippen LogP contribution in [0, 0.1) is 0 Å². The molecular weight excluding hydrogens is 422 g/mol. The molecular formula is C22H28ClN3O3S. The lowest BCUT2D eigenvalue weighted by Crippen LogP contribution is -2.40. The van der Waals surface area contributed by atoms with Crippen molar-refractivity contribution in [3.63, 3.8) is 0 Å². The van der Waals surface area contributed by atoms with Crippen LogP contribution in [0.1, 0.15) is 23.1 Å². The fourth-order valence-electron chi connectivity index (χ4n) is 3.60. The normalized spacial score (nSPS) is 14.5. The Kier molecular flexibility index (Phi) is 7.88. The second kappa shape index (κ2) is 10.4. The number of hydrogen-bond acceptors (Lipinski definition) is 4. The van der Waals surface area contributed by atoms with Crippen LogP contribution in [0.3, 0.4) is 0 Å². The molecule has 1 N–H and O–H groups in total. The molecule has 0 aromatic heterocycles. The van der Waals surface area contributed by atoms with Gasteiger partial charge in [-0.2, -0.15) is 4.31 Å². The van der Waals surface area contributed by atoms with Crippen molar-refractivity contribution < 1.29 is 13.2 Å². The van der Waals surface area contributed by atoms with Crippen LogP contribution in [0.2, 0.25) is 5.02 Å². The molecule has 8 heteroatoms. The third kappa shape index (κ3) is 6.54. The average molecular weight is 450 g/mol. The molecule has 162 valence electrons. The maximum atomic E-state index is 12.3. The number of nitrogens with zero attached hydrogens (tertiary/aromatic N) is 2. The first-order valence-corrected chi connectivity index (χ1v) is 12.3. The van der Waals surface area contributed by atoms with Crippen LogP contribution in [0.5, 0.6) is 0 Å². The summed E-state index contributed by atoms with van der Waals surface area (Å²) in [7, 11) is -3.55. The van der Waals surface area contributed by atoms with E-state index in [1.807, 2.05) is 0 Å². The van der Waals surface area contributed by atoms with Gasteiger partial charge in [-0.05, 0) is 35.6 Å². The van der Waals surface area contributed by atoms with E-state index >= 15 is 0 Å². The lowest BCUT2D eigenvalue weighted by molar-refractivity contribution is -0.121. The Balaban J connectivity index is 1.44. The van der Waals surface area contributed by atoms with Gasteiger partial charge in [0.05, 0.1) is 12.8 Å². The Morgan fingerprint density at radius 1 is 1.13 bits per heavy atom. The molecule has 0 radical (unpaired) electrons. The molecule has 0 saturated heterocycles. The summed E-state index contributed by atoms with van der Waals surface area (Å²) in [5.41, 5.74) is 3.46. The summed E-state index contributed by atoms with van der Waals surface area (Å²) in [5.74, 6) is -0.309. The molecule has 0 bridgehead atoms. The first-order valence-electron chi connectivity index (χ1n) is 10.1. The van der Waals surface area contributed by atoms with Crippen LogP contribution >= 0.6 is 11.6 Å². The fourth-order valence-corrected chi connectivity index (χ4v) is 4.52. The smallest absolute Gasteiger partial charge is 0.235 e. The van der Waals surface area contributed by atoms with Crippen LogP contribution in [-0.2, 0) is 34.3 Å². The van der Waals surface area contributed by atoms with Crippen molar-refractivity contribution in [1.82, 2.24) is 14.5 Å². The minimum Gasteiger partial charge on any atom is -0.355 e. The van der Waals surface area contributed by atoms with Gasteiger partial charge in [0.2, 0.25) is 15.9 Å². The molecule has 0 fully saturated rings. The SMILES string of the molecule is CS(=O)(=O)N(CC(=O)NCCCN1CCc2ccccc2C1)Cc1ccccc1Cl. The van der Waals surface area contributed by atoms with Crippen molar-refractivity contribution in [1.29, 1.82) is 0 Å². The monoisotopic (exact) mass is 449 g/mol. The van der Waals surface area contributed by atoms with Crippen LogP contribution in [0.15, 0.2) is 48.5 Å². The summed E-state index contributed by atoms with van der Waals surface area (Å²) in [6, 6.07) is 15.5. The highest BCUT2D eigenvalue weighted by molar-refractivity contribution is 7.88. The van der Waals surface area contributed by atoms with E-state index in [2.05, 4.69) is 34.5 Å². The maximum absolute atomic E-state index is 12.3. The number of amides is 1. The zero-order chi connectivity index (χ0) is 21.6. The van der Waals surface area contributed by atoms with Crippen molar-refractivity contribution in [3.05, 3.63) is 70.2 Å². The minimum atomic E-state index is -3.55. The van der Waals surface area contributed by atoms with Crippen molar-refractivity contribution in [3.8, 4) is 0 Å². The minimum absolute atomic E-state index is 0.0686. The van der Waals surface area contributed by atoms with Crippen LogP contribution < -0.4 is 5.32 Å². The van der Waals surface area contributed by atoms with Gasteiger partial charge in [-0.25, -0.2) is 8.42 Å². The quantitative estimate of drug-likeness (QED) is 0.597. The number of carbonyl (C=O) groups excluding carboxylic acids is 1. The van der Waals surface area contributed by atoms with Crippen molar-refractivity contribution >= 4 is 27.5 Å². The second-order valence-corrected chi connectivity index (χ2v) is 10.0. The molecule has 1 amide bonds. The zero-order valence-corrected chi connectivity index (χ0v) is 18.8. The molecule has 0 saturated carbocycles. The molecule has 6 nitrogen and oxygen atoms in total. The summed E-state index contributed by atoms with van der Waals surface area (Å²) < 4.78 is 25.4. The summed E-state index contributed by atoms with van der Waals surface area (Å²) in [4.78, 5) is 14.7. The van der Waals surface area contributed by atoms with E-state index in [4.69, 9.17) is 11.6 Å². The molecule has 2 aromatic carbocycles. The van der Waals surface area contributed by atoms with Crippen molar-refractivity contribution in [2.45, 2.75) is 25.9 Å². The number of benzene rings is 2. The highest BCUT2D eigenvalue weighted by atomic mass is 35.5. The molecule has 0 spiro atoms. The first-order chi connectivity index (χ1) is 14.3. The number of hydrogen-bond donors (Lipinski definition) is 1. The Hall–Kier alpha value is -1.93. The number of sulfonamides is 1. The van der Waals surface area contributed by atoms with E-state index in [0.717, 1.165) is 43.0 Å². The van der Waals surface area contributed by atoms with Crippen LogP contribution in [0.25, 0.3) is 0 Å². The second-order valence-electron chi connectivity index (χ2n) is 7.62. The van der Waals surface area contributed by atoms with Gasteiger partial charge in [0.1, 0.15) is 0 Å². The average Bonchev–Trinajstić information content (AvgIpc) is 2.71. The van der Waals surface area contributed by atoms with Gasteiger partial charge >= 0.3 is 0 Å². The van der Waals surface area contributed by atoms with E-state index in [9.17, 15) is 13.2 Å². The molecule has 3 rings (SSSR count). The lowest BCUT2D eigenvalue weighted by Gasteiger charge is -2.28. The van der Waals surface area contributed by atoms with Gasteiger partial charge in [-0.1, -0.05) is 54.1 Å². The summed E-state index contributed by atoms with van der Waals surface area (Å²) in [5, 5.41) is 3.32. The summed E-state index contributed by atoms with van der Waals surface area (Å²) >= 11 is 6.14. The highest BCUT2D eigenvalue weighted by Gasteiger charge is 2.21. The van der Waals surface area contributed by atoms with Gasteiger partial charge < -0.3 is 5.32 Å². The van der Waals surface area contributed by atoms with Crippen LogP contribution in [0.4, 0.5) is 0 Å². The molecule has 1 aliphatic rings. The topological polar surface area (TPSA) is 69.7 Å². The lowest BCUT2D eigenvalue weighted by atomic mass is 10.00. The predicted molar refractivity (Wildman–Crippen MR) is 120 cm³/mol. The number of carbonyl (C=O) groups is 1. The van der Waals surface area contributed by atoms with E-state index in [-0.39, 0.29) is 19.0 Å². The Morgan fingerprint density at radius 2 is 1.83 bits per heavy atom. The van der Waals surface area contributed by atoms with E-state index in [1.54, 1.807) is 24.3 Å². The summed E-state index contributed by atoms with van der Waals surface area (Å²) in [6.07, 6.45) is 2.97. The molecule has 0 atom stereocenters. The highest BCUT2D eigenvalue weighted by Crippen LogP contribution is 2.19. The molecule has 2 aromatic rings. The largest absolute Gasteiger partial charge is 0.355 e. The van der Waals surface area contributed by atoms with Crippen LogP contribution in [-0.4, -0.2) is 56.0 Å². The predicted octanol–water partition coefficient (Wildman–Crippen LogP) is 2.67. The number of halogens is 1. The zero-order valence-electron chi connectivity index (χ0n) is 17.2. The standard InChI is InChI=1S/C22H28ClN3O3S/c1-30(28,29)26(16-20-9-4-5-10-21(20)23)17-22(27)24-12-6-13-25-14-11-18-7-2-3-8-19(18)15-25/h2-5,7-10H,6,11-17H2,1H3,(H,24,27). The van der Waals surface area contributed by atoms with Gasteiger partial charge in [0.15, 0.2) is 0 Å². The number of rotatable bonds is 9. The fraction of sp³-hybridized carbons (Fsp3) is 0.409. The first kappa shape index (κ1) is 22.7. The van der Waals surface area contributed by atoms with Gasteiger partial charge in [-0.15, -0.1) is 0 Å². The third-order valence-corrected chi connectivity index (χ3v) is 6.84. The molecule has 1 aliphatic heterocycles. The van der Waals surface area contributed by atoms with Crippen molar-refractivity contribution in [2.24, 2.45) is 0 Å². The molecule has 30 heavy (non-hydrogen) atoms. The molecule has 1 heterocycles. The van der Waals surface area contributed by atoms with Gasteiger partial charge in [-0.3, -0.25) is 9.69 Å². The Bertz CT molecular complexity index is 981. The van der Waals surface area contributed by atoms with E-state index in [1.165, 1.54) is 11.1 Å². The summed E-state index contributed by atoms with van der Waals surface area (Å²) in [6.45, 7) is 3.21. The maximum Gasteiger partial charge on any atom is 0.235 e. The Morgan fingerprint density at radius 3 is 2.57 bits per heavy atom. The third-order valence-electron chi connectivity index (χ3n) is 5.28. The van der Waals surface area contributed by atoms with Crippen molar-refractivity contribution in [2.75, 3.05) is 32.4 Å². The number of fused-ring (bicyclic) bond motifs is 1. The molecule has 0 aliphatic carbocycles. The van der Waals surface area contributed by atoms with Gasteiger partial charge in [0, 0.05) is 37.7 Å². The van der Waals surface area contributed by atoms with E-state index in [0.29, 0.717) is 17.1 Å².